The van der Waals surface area contributed by atoms with Gasteiger partial charge in [-0.2, -0.15) is 0 Å². The molecule has 1 fully saturated rings. The molecule has 2 heterocycles. The zero-order valence-corrected chi connectivity index (χ0v) is 12.3. The van der Waals surface area contributed by atoms with Crippen molar-refractivity contribution < 1.29 is 0 Å². The third-order valence-corrected chi connectivity index (χ3v) is 3.52. The number of aromatic nitrogens is 2. The smallest absolute Gasteiger partial charge is 0.149 e. The summed E-state index contributed by atoms with van der Waals surface area (Å²) in [4.78, 5) is 9.21. The number of nitrogens with zero attached hydrogens (tertiary/aromatic N) is 3. The van der Waals surface area contributed by atoms with Gasteiger partial charge in [0.2, 0.25) is 0 Å². The second kappa shape index (κ2) is 6.70. The van der Waals surface area contributed by atoms with E-state index in [9.17, 15) is 0 Å². The van der Waals surface area contributed by atoms with Crippen molar-refractivity contribution in [3.63, 3.8) is 0 Å². The van der Waals surface area contributed by atoms with Gasteiger partial charge < -0.3 is 10.7 Å². The van der Waals surface area contributed by atoms with E-state index >= 15 is 0 Å². The molecule has 1 aliphatic heterocycles. The molecule has 1 saturated heterocycles. The van der Waals surface area contributed by atoms with Crippen LogP contribution in [0.15, 0.2) is 0 Å². The monoisotopic (exact) mass is 263 g/mol. The molecule has 0 aromatic carbocycles. The Morgan fingerprint density at radius 1 is 1.11 bits per heavy atom. The molecule has 19 heavy (non-hydrogen) atoms. The van der Waals surface area contributed by atoms with Crippen molar-refractivity contribution in [3.8, 4) is 0 Å². The summed E-state index contributed by atoms with van der Waals surface area (Å²) in [6, 6.07) is 0. The van der Waals surface area contributed by atoms with Gasteiger partial charge in [0, 0.05) is 32.1 Å². The number of hydrogen-bond donors (Lipinski definition) is 2. The number of hydrazine groups is 1. The van der Waals surface area contributed by atoms with Crippen LogP contribution in [0.25, 0.3) is 0 Å². The minimum atomic E-state index is 0.914. The summed E-state index contributed by atoms with van der Waals surface area (Å²) in [7, 11) is 1.91. The number of nitrogens with one attached hydrogen (secondary N) is 2. The van der Waals surface area contributed by atoms with Gasteiger partial charge in [-0.1, -0.05) is 13.3 Å². The van der Waals surface area contributed by atoms with E-state index in [2.05, 4.69) is 39.6 Å². The van der Waals surface area contributed by atoms with Crippen LogP contribution in [0.3, 0.4) is 0 Å². The van der Waals surface area contributed by atoms with Crippen LogP contribution in [0.5, 0.6) is 0 Å². The minimum Gasteiger partial charge on any atom is -0.373 e. The van der Waals surface area contributed by atoms with Crippen LogP contribution in [-0.2, 0) is 6.42 Å². The molecular weight excluding hydrogens is 238 g/mol. The van der Waals surface area contributed by atoms with E-state index in [1.165, 1.54) is 19.3 Å². The van der Waals surface area contributed by atoms with Crippen molar-refractivity contribution in [2.24, 2.45) is 0 Å². The van der Waals surface area contributed by atoms with Crippen molar-refractivity contribution in [1.82, 2.24) is 15.0 Å². The van der Waals surface area contributed by atoms with Crippen molar-refractivity contribution in [2.45, 2.75) is 46.0 Å². The predicted octanol–water partition coefficient (Wildman–Crippen LogP) is 2.59. The summed E-state index contributed by atoms with van der Waals surface area (Å²) in [5, 5.41) is 5.43. The van der Waals surface area contributed by atoms with Gasteiger partial charge in [0.1, 0.15) is 17.5 Å². The van der Waals surface area contributed by atoms with Crippen LogP contribution in [-0.4, -0.2) is 35.1 Å². The van der Waals surface area contributed by atoms with E-state index in [1.54, 1.807) is 0 Å². The van der Waals surface area contributed by atoms with Crippen LogP contribution in [0.1, 0.15) is 44.0 Å². The number of rotatable bonds is 5. The molecule has 2 rings (SSSR count). The zero-order valence-electron chi connectivity index (χ0n) is 12.3. The molecule has 0 bridgehead atoms. The van der Waals surface area contributed by atoms with Gasteiger partial charge in [0.25, 0.3) is 0 Å². The molecule has 106 valence electrons. The molecule has 5 heteroatoms. The summed E-state index contributed by atoms with van der Waals surface area (Å²) < 4.78 is 0. The lowest BCUT2D eigenvalue weighted by atomic mass is 10.2. The lowest BCUT2D eigenvalue weighted by Gasteiger charge is -2.28. The van der Waals surface area contributed by atoms with Crippen LogP contribution in [0.4, 0.5) is 11.6 Å². The molecule has 2 N–H and O–H groups in total. The Morgan fingerprint density at radius 2 is 1.79 bits per heavy atom. The highest BCUT2D eigenvalue weighted by Crippen LogP contribution is 2.21. The Bertz CT molecular complexity index is 413. The molecule has 1 aromatic heterocycles. The first-order valence-corrected chi connectivity index (χ1v) is 7.31. The lowest BCUT2D eigenvalue weighted by Crippen LogP contribution is -2.35. The highest BCUT2D eigenvalue weighted by molar-refractivity contribution is 5.56. The average molecular weight is 263 g/mol. The normalized spacial score (nSPS) is 16.4. The van der Waals surface area contributed by atoms with E-state index in [0.29, 0.717) is 0 Å². The third-order valence-electron chi connectivity index (χ3n) is 3.52. The molecule has 0 unspecified atom stereocenters. The fraction of sp³-hybridized carbons (Fsp3) is 0.714. The van der Waals surface area contributed by atoms with Gasteiger partial charge in [-0.15, -0.1) is 0 Å². The predicted molar refractivity (Wildman–Crippen MR) is 79.4 cm³/mol. The third kappa shape index (κ3) is 3.56. The minimum absolute atomic E-state index is 0.914. The van der Waals surface area contributed by atoms with E-state index < -0.39 is 0 Å². The molecule has 0 aliphatic carbocycles. The number of hydrogen-bond acceptors (Lipinski definition) is 5. The summed E-state index contributed by atoms with van der Waals surface area (Å²) in [6.07, 6.45) is 5.85. The summed E-state index contributed by atoms with van der Waals surface area (Å²) in [5.41, 5.74) is 4.56. The Labute approximate surface area is 115 Å². The topological polar surface area (TPSA) is 53.1 Å². The Balaban J connectivity index is 2.18. The standard InChI is InChI=1S/C14H25N5/c1-4-8-12-16-13(15-3)11(2)14(17-12)18-19-9-6-5-7-10-19/h4-10H2,1-3H3,(H2,15,16,17,18). The Morgan fingerprint density at radius 3 is 2.42 bits per heavy atom. The van der Waals surface area contributed by atoms with Crippen LogP contribution in [0.2, 0.25) is 0 Å². The first kappa shape index (κ1) is 14.1. The van der Waals surface area contributed by atoms with Crippen molar-refractivity contribution in [2.75, 3.05) is 30.9 Å². The fourth-order valence-electron chi connectivity index (χ4n) is 2.41. The Hall–Kier alpha value is -1.36. The van der Waals surface area contributed by atoms with E-state index in [0.717, 1.165) is 49.0 Å². The molecule has 0 amide bonds. The van der Waals surface area contributed by atoms with Crippen LogP contribution in [0, 0.1) is 6.92 Å². The number of anilines is 2. The maximum Gasteiger partial charge on any atom is 0.149 e. The molecule has 1 aliphatic rings. The first-order chi connectivity index (χ1) is 9.24. The van der Waals surface area contributed by atoms with E-state index in [1.807, 2.05) is 7.05 Å². The quantitative estimate of drug-likeness (QED) is 0.855. The first-order valence-electron chi connectivity index (χ1n) is 7.31. The molecule has 0 saturated carbocycles. The van der Waals surface area contributed by atoms with Gasteiger partial charge in [-0.25, -0.2) is 15.0 Å². The maximum atomic E-state index is 4.66. The molecule has 0 radical (unpaired) electrons. The van der Waals surface area contributed by atoms with Gasteiger partial charge in [0.15, 0.2) is 0 Å². The van der Waals surface area contributed by atoms with Gasteiger partial charge in [0.05, 0.1) is 0 Å². The summed E-state index contributed by atoms with van der Waals surface area (Å²) in [5.74, 6) is 2.79. The summed E-state index contributed by atoms with van der Waals surface area (Å²) >= 11 is 0. The second-order valence-electron chi connectivity index (χ2n) is 5.12. The lowest BCUT2D eigenvalue weighted by molar-refractivity contribution is 0.272. The fourth-order valence-corrected chi connectivity index (χ4v) is 2.41. The van der Waals surface area contributed by atoms with Crippen molar-refractivity contribution in [3.05, 3.63) is 11.4 Å². The van der Waals surface area contributed by atoms with Gasteiger partial charge in [-0.05, 0) is 26.2 Å². The van der Waals surface area contributed by atoms with Crippen LogP contribution >= 0.6 is 0 Å². The molecule has 0 spiro atoms. The van der Waals surface area contributed by atoms with Crippen molar-refractivity contribution >= 4 is 11.6 Å². The van der Waals surface area contributed by atoms with Gasteiger partial charge >= 0.3 is 0 Å². The maximum absolute atomic E-state index is 4.66. The highest BCUT2D eigenvalue weighted by atomic mass is 15.5. The second-order valence-corrected chi connectivity index (χ2v) is 5.12. The molecule has 5 nitrogen and oxygen atoms in total. The molecule has 1 aromatic rings. The average Bonchev–Trinajstić information content (AvgIpc) is 2.43. The zero-order chi connectivity index (χ0) is 13.7. The summed E-state index contributed by atoms with van der Waals surface area (Å²) in [6.45, 7) is 6.41. The number of piperidine rings is 1. The van der Waals surface area contributed by atoms with E-state index in [4.69, 9.17) is 0 Å². The number of aryl methyl sites for hydroxylation is 1. The van der Waals surface area contributed by atoms with Gasteiger partial charge in [-0.3, -0.25) is 0 Å². The van der Waals surface area contributed by atoms with Crippen molar-refractivity contribution in [1.29, 1.82) is 0 Å². The largest absolute Gasteiger partial charge is 0.373 e. The molecular formula is C14H25N5. The highest BCUT2D eigenvalue weighted by Gasteiger charge is 2.14. The van der Waals surface area contributed by atoms with E-state index in [-0.39, 0.29) is 0 Å². The Kier molecular flexibility index (Phi) is 4.96. The SMILES string of the molecule is CCCc1nc(NC)c(C)c(NN2CCCCC2)n1. The molecule has 0 atom stereocenters. The van der Waals surface area contributed by atoms with Crippen LogP contribution < -0.4 is 10.7 Å².